The molecule has 0 aliphatic heterocycles. The Morgan fingerprint density at radius 1 is 1.62 bits per heavy atom. The number of hydrogen-bond donors (Lipinski definition) is 1. The van der Waals surface area contributed by atoms with Gasteiger partial charge >= 0.3 is 5.97 Å². The molecule has 0 unspecified atom stereocenters. The van der Waals surface area contributed by atoms with Crippen LogP contribution in [0, 0.1) is 6.92 Å². The first-order valence-electron chi connectivity index (χ1n) is 4.87. The van der Waals surface area contributed by atoms with Crippen LogP contribution in [0.15, 0.2) is 17.5 Å². The van der Waals surface area contributed by atoms with E-state index in [0.29, 0.717) is 5.69 Å². The fourth-order valence-corrected chi connectivity index (χ4v) is 2.53. The van der Waals surface area contributed by atoms with E-state index in [1.165, 1.54) is 0 Å². The molecule has 0 fully saturated rings. The van der Waals surface area contributed by atoms with E-state index in [0.717, 1.165) is 16.1 Å². The summed E-state index contributed by atoms with van der Waals surface area (Å²) in [6.07, 6.45) is -0.0328. The summed E-state index contributed by atoms with van der Waals surface area (Å²) in [6, 6.07) is 3.94. The molecule has 0 bridgehead atoms. The Morgan fingerprint density at radius 2 is 2.38 bits per heavy atom. The largest absolute Gasteiger partial charge is 0.481 e. The van der Waals surface area contributed by atoms with Gasteiger partial charge in [0, 0.05) is 23.2 Å². The van der Waals surface area contributed by atoms with Crippen molar-refractivity contribution in [3.05, 3.63) is 28.9 Å². The van der Waals surface area contributed by atoms with Gasteiger partial charge in [0.25, 0.3) is 0 Å². The van der Waals surface area contributed by atoms with Crippen molar-refractivity contribution >= 4 is 17.3 Å². The molecule has 2 rings (SSSR count). The first-order chi connectivity index (χ1) is 7.59. The molecule has 4 nitrogen and oxygen atoms in total. The van der Waals surface area contributed by atoms with Crippen molar-refractivity contribution in [3.8, 4) is 10.4 Å². The number of carboxylic acid groups (broad SMARTS) is 1. The minimum atomic E-state index is -0.851. The van der Waals surface area contributed by atoms with Crippen LogP contribution >= 0.6 is 11.3 Å². The lowest BCUT2D eigenvalue weighted by Crippen LogP contribution is -2.02. The van der Waals surface area contributed by atoms with Gasteiger partial charge in [0.05, 0.1) is 12.1 Å². The van der Waals surface area contributed by atoms with Crippen molar-refractivity contribution in [2.24, 2.45) is 7.05 Å². The molecular formula is C11H12N2O2S. The highest BCUT2D eigenvalue weighted by Crippen LogP contribution is 2.30. The van der Waals surface area contributed by atoms with E-state index < -0.39 is 5.97 Å². The smallest absolute Gasteiger partial charge is 0.309 e. The van der Waals surface area contributed by atoms with Gasteiger partial charge in [-0.05, 0) is 18.4 Å². The number of nitrogens with zero attached hydrogens (tertiary/aromatic N) is 2. The number of carbonyl (C=O) groups is 1. The van der Waals surface area contributed by atoms with E-state index in [2.05, 4.69) is 5.10 Å². The Bertz CT molecular complexity index is 514. The van der Waals surface area contributed by atoms with Crippen molar-refractivity contribution < 1.29 is 9.90 Å². The van der Waals surface area contributed by atoms with Crippen LogP contribution < -0.4 is 0 Å². The van der Waals surface area contributed by atoms with Gasteiger partial charge in [-0.3, -0.25) is 9.48 Å². The summed E-state index contributed by atoms with van der Waals surface area (Å²) in [5.74, 6) is -0.851. The quantitative estimate of drug-likeness (QED) is 0.887. The Balaban J connectivity index is 2.53. The van der Waals surface area contributed by atoms with Crippen LogP contribution in [-0.4, -0.2) is 20.9 Å². The Hall–Kier alpha value is -1.62. The molecular weight excluding hydrogens is 224 g/mol. The maximum Gasteiger partial charge on any atom is 0.309 e. The van der Waals surface area contributed by atoms with Crippen LogP contribution in [0.5, 0.6) is 0 Å². The topological polar surface area (TPSA) is 55.1 Å². The number of rotatable bonds is 3. The SMILES string of the molecule is Cc1c(-c2cccs2)c(CC(=O)O)nn1C. The van der Waals surface area contributed by atoms with Gasteiger partial charge < -0.3 is 5.11 Å². The van der Waals surface area contributed by atoms with Crippen LogP contribution in [0.3, 0.4) is 0 Å². The highest BCUT2D eigenvalue weighted by atomic mass is 32.1. The van der Waals surface area contributed by atoms with Gasteiger partial charge in [0.15, 0.2) is 0 Å². The van der Waals surface area contributed by atoms with Gasteiger partial charge in [0.1, 0.15) is 0 Å². The fraction of sp³-hybridized carbons (Fsp3) is 0.273. The minimum absolute atomic E-state index is 0.0328. The molecule has 0 aliphatic carbocycles. The number of aryl methyl sites for hydroxylation is 1. The van der Waals surface area contributed by atoms with Gasteiger partial charge in [-0.25, -0.2) is 0 Å². The molecule has 0 amide bonds. The molecule has 0 radical (unpaired) electrons. The van der Waals surface area contributed by atoms with Crippen molar-refractivity contribution in [2.75, 3.05) is 0 Å². The van der Waals surface area contributed by atoms with Crippen LogP contribution in [0.25, 0.3) is 10.4 Å². The number of aromatic nitrogens is 2. The number of carboxylic acids is 1. The molecule has 1 N–H and O–H groups in total. The first kappa shape index (κ1) is 10.9. The molecule has 0 atom stereocenters. The molecule has 0 spiro atoms. The summed E-state index contributed by atoms with van der Waals surface area (Å²) in [4.78, 5) is 11.8. The third-order valence-electron chi connectivity index (χ3n) is 2.49. The predicted molar refractivity (Wildman–Crippen MR) is 62.6 cm³/mol. The fourth-order valence-electron chi connectivity index (χ4n) is 1.68. The molecule has 5 heteroatoms. The molecule has 0 saturated heterocycles. The number of hydrogen-bond acceptors (Lipinski definition) is 3. The molecule has 0 aliphatic rings. The monoisotopic (exact) mass is 236 g/mol. The van der Waals surface area contributed by atoms with E-state index in [4.69, 9.17) is 5.11 Å². The van der Waals surface area contributed by atoms with Crippen LogP contribution in [-0.2, 0) is 18.3 Å². The summed E-state index contributed by atoms with van der Waals surface area (Å²) in [7, 11) is 1.83. The molecule has 0 saturated carbocycles. The maximum atomic E-state index is 10.8. The Kier molecular flexibility index (Phi) is 2.78. The lowest BCUT2D eigenvalue weighted by Gasteiger charge is -1.98. The van der Waals surface area contributed by atoms with Gasteiger partial charge in [0.2, 0.25) is 0 Å². The summed E-state index contributed by atoms with van der Waals surface area (Å²) >= 11 is 1.60. The highest BCUT2D eigenvalue weighted by Gasteiger charge is 2.17. The average molecular weight is 236 g/mol. The average Bonchev–Trinajstić information content (AvgIpc) is 2.76. The molecule has 16 heavy (non-hydrogen) atoms. The first-order valence-corrected chi connectivity index (χ1v) is 5.75. The standard InChI is InChI=1S/C11H12N2O2S/c1-7-11(9-4-3-5-16-9)8(6-10(14)15)12-13(7)2/h3-5H,6H2,1-2H3,(H,14,15). The van der Waals surface area contributed by atoms with Gasteiger partial charge in [-0.2, -0.15) is 5.10 Å². The normalized spacial score (nSPS) is 10.6. The summed E-state index contributed by atoms with van der Waals surface area (Å²) in [6.45, 7) is 1.95. The van der Waals surface area contributed by atoms with E-state index in [1.807, 2.05) is 31.5 Å². The van der Waals surface area contributed by atoms with Crippen molar-refractivity contribution in [3.63, 3.8) is 0 Å². The second-order valence-corrected chi connectivity index (χ2v) is 4.53. The van der Waals surface area contributed by atoms with Gasteiger partial charge in [-0.1, -0.05) is 6.07 Å². The zero-order chi connectivity index (χ0) is 11.7. The van der Waals surface area contributed by atoms with E-state index in [1.54, 1.807) is 16.0 Å². The second-order valence-electron chi connectivity index (χ2n) is 3.58. The zero-order valence-electron chi connectivity index (χ0n) is 9.10. The predicted octanol–water partition coefficient (Wildman–Crippen LogP) is 2.08. The third kappa shape index (κ3) is 1.86. The van der Waals surface area contributed by atoms with Crippen molar-refractivity contribution in [2.45, 2.75) is 13.3 Å². The molecule has 2 heterocycles. The molecule has 0 aromatic carbocycles. The highest BCUT2D eigenvalue weighted by molar-refractivity contribution is 7.13. The van der Waals surface area contributed by atoms with E-state index in [-0.39, 0.29) is 6.42 Å². The summed E-state index contributed by atoms with van der Waals surface area (Å²) in [5, 5.41) is 15.1. The van der Waals surface area contributed by atoms with Crippen molar-refractivity contribution in [1.82, 2.24) is 9.78 Å². The maximum absolute atomic E-state index is 10.8. The number of thiophene rings is 1. The van der Waals surface area contributed by atoms with Crippen LogP contribution in [0.2, 0.25) is 0 Å². The second kappa shape index (κ2) is 4.09. The van der Waals surface area contributed by atoms with Crippen LogP contribution in [0.4, 0.5) is 0 Å². The zero-order valence-corrected chi connectivity index (χ0v) is 9.91. The van der Waals surface area contributed by atoms with Gasteiger partial charge in [-0.15, -0.1) is 11.3 Å². The Morgan fingerprint density at radius 3 is 2.94 bits per heavy atom. The lowest BCUT2D eigenvalue weighted by atomic mass is 10.1. The molecule has 2 aromatic rings. The van der Waals surface area contributed by atoms with E-state index >= 15 is 0 Å². The summed E-state index contributed by atoms with van der Waals surface area (Å²) < 4.78 is 1.73. The molecule has 2 aromatic heterocycles. The van der Waals surface area contributed by atoms with Crippen molar-refractivity contribution in [1.29, 1.82) is 0 Å². The Labute approximate surface area is 97.2 Å². The molecule has 84 valence electrons. The van der Waals surface area contributed by atoms with E-state index in [9.17, 15) is 4.79 Å². The lowest BCUT2D eigenvalue weighted by molar-refractivity contribution is -0.136. The number of aliphatic carboxylic acids is 1. The summed E-state index contributed by atoms with van der Waals surface area (Å²) in [5.41, 5.74) is 2.59. The third-order valence-corrected chi connectivity index (χ3v) is 3.38. The minimum Gasteiger partial charge on any atom is -0.481 e. The van der Waals surface area contributed by atoms with Crippen LogP contribution in [0.1, 0.15) is 11.4 Å².